The molecule has 0 aliphatic heterocycles. The maximum atomic E-state index is 9.45. The van der Waals surface area contributed by atoms with Crippen molar-refractivity contribution in [3.8, 4) is 33.4 Å². The Bertz CT molecular complexity index is 3230. The molecule has 47 heavy (non-hydrogen) atoms. The quantitative estimate of drug-likeness (QED) is 0.144. The maximum Gasteiger partial charge on any atom is 0.136 e. The molecule has 0 bridgehead atoms. The number of fused-ring (bicyclic) bond motifs is 8. The Kier molecular flexibility index (Phi) is 4.19. The minimum atomic E-state index is -0.439. The standard InChI is InChI=1S/C46H28O/c1-2-16-33-29(12-1)26-27-30-13-10-22-34(43(30)33)31-14-9-15-32(28-31)44-35-17-3-5-19-37(35)45(38-20-6-4-18-36(38)44)40-23-11-25-42-46(40)39-21-7-8-24-41(39)47-42/h1-28H/i3D,4D,5D,6D,17D,18D,19D,20D. The molecule has 1 heteroatoms. The zero-order valence-electron chi connectivity index (χ0n) is 33.0. The first-order valence-electron chi connectivity index (χ1n) is 19.5. The molecular formula is C46H28O. The van der Waals surface area contributed by atoms with Crippen LogP contribution in [0.1, 0.15) is 11.0 Å². The molecule has 0 N–H and O–H groups in total. The summed E-state index contributed by atoms with van der Waals surface area (Å²) in [6.07, 6.45) is 0. The van der Waals surface area contributed by atoms with E-state index in [1.165, 1.54) is 0 Å². The van der Waals surface area contributed by atoms with Crippen molar-refractivity contribution in [2.24, 2.45) is 0 Å². The van der Waals surface area contributed by atoms with Crippen molar-refractivity contribution in [2.45, 2.75) is 0 Å². The number of para-hydroxylation sites is 1. The molecule has 1 heterocycles. The van der Waals surface area contributed by atoms with Crippen LogP contribution >= 0.6 is 0 Å². The summed E-state index contributed by atoms with van der Waals surface area (Å²) in [7, 11) is 0. The molecular weight excluding hydrogens is 569 g/mol. The molecule has 10 aromatic rings. The Morgan fingerprint density at radius 3 is 1.77 bits per heavy atom. The van der Waals surface area contributed by atoms with Crippen LogP contribution in [0.3, 0.4) is 0 Å². The van der Waals surface area contributed by atoms with Crippen molar-refractivity contribution in [2.75, 3.05) is 0 Å². The number of rotatable bonds is 3. The summed E-state index contributed by atoms with van der Waals surface area (Å²) in [6, 6.07) is 36.2. The lowest BCUT2D eigenvalue weighted by molar-refractivity contribution is 0.669. The van der Waals surface area contributed by atoms with Crippen molar-refractivity contribution < 1.29 is 15.4 Å². The van der Waals surface area contributed by atoms with Crippen molar-refractivity contribution >= 4 is 65.0 Å². The average molecular weight is 605 g/mol. The van der Waals surface area contributed by atoms with Gasteiger partial charge in [0.1, 0.15) is 11.2 Å². The summed E-state index contributed by atoms with van der Waals surface area (Å²) in [5.41, 5.74) is 4.67. The van der Waals surface area contributed by atoms with Crippen LogP contribution in [0.15, 0.2) is 174 Å². The summed E-state index contributed by atoms with van der Waals surface area (Å²) in [5.74, 6) is 0. The van der Waals surface area contributed by atoms with Gasteiger partial charge in [0.15, 0.2) is 0 Å². The van der Waals surface area contributed by atoms with E-state index in [2.05, 4.69) is 36.4 Å². The third-order valence-electron chi connectivity index (χ3n) is 9.28. The van der Waals surface area contributed by atoms with Crippen LogP contribution in [0.4, 0.5) is 0 Å². The van der Waals surface area contributed by atoms with Crippen LogP contribution in [0.5, 0.6) is 0 Å². The lowest BCUT2D eigenvalue weighted by atomic mass is 9.84. The van der Waals surface area contributed by atoms with Crippen molar-refractivity contribution in [1.29, 1.82) is 0 Å². The van der Waals surface area contributed by atoms with Crippen molar-refractivity contribution in [3.63, 3.8) is 0 Å². The van der Waals surface area contributed by atoms with Gasteiger partial charge in [-0.1, -0.05) is 151 Å². The molecule has 0 saturated carbocycles. The molecule has 0 aliphatic rings. The normalized spacial score (nSPS) is 14.2. The molecule has 10 rings (SSSR count). The van der Waals surface area contributed by atoms with Crippen LogP contribution in [-0.2, 0) is 0 Å². The minimum Gasteiger partial charge on any atom is -0.456 e. The number of benzene rings is 9. The van der Waals surface area contributed by atoms with Crippen LogP contribution < -0.4 is 0 Å². The van der Waals surface area contributed by atoms with E-state index in [1.54, 1.807) is 6.07 Å². The molecule has 0 radical (unpaired) electrons. The van der Waals surface area contributed by atoms with E-state index in [-0.39, 0.29) is 45.7 Å². The highest BCUT2D eigenvalue weighted by Crippen LogP contribution is 2.47. The Morgan fingerprint density at radius 2 is 0.957 bits per heavy atom. The highest BCUT2D eigenvalue weighted by atomic mass is 16.3. The van der Waals surface area contributed by atoms with Crippen molar-refractivity contribution in [3.05, 3.63) is 170 Å². The highest BCUT2D eigenvalue weighted by molar-refractivity contribution is 6.26. The third kappa shape index (κ3) is 3.90. The fraction of sp³-hybridized carbons (Fsp3) is 0. The van der Waals surface area contributed by atoms with E-state index in [9.17, 15) is 5.48 Å². The fourth-order valence-corrected chi connectivity index (χ4v) is 7.31. The Labute approximate surface area is 283 Å². The van der Waals surface area contributed by atoms with Crippen LogP contribution in [-0.4, -0.2) is 0 Å². The predicted molar refractivity (Wildman–Crippen MR) is 200 cm³/mol. The van der Waals surface area contributed by atoms with Gasteiger partial charge < -0.3 is 4.42 Å². The third-order valence-corrected chi connectivity index (χ3v) is 9.28. The van der Waals surface area contributed by atoms with Crippen LogP contribution in [0.2, 0.25) is 0 Å². The molecule has 1 nitrogen and oxygen atoms in total. The first-order valence-corrected chi connectivity index (χ1v) is 15.5. The number of furan rings is 1. The Morgan fingerprint density at radius 1 is 0.383 bits per heavy atom. The van der Waals surface area contributed by atoms with E-state index in [0.717, 1.165) is 38.1 Å². The lowest BCUT2D eigenvalue weighted by Crippen LogP contribution is -1.92. The second-order valence-electron chi connectivity index (χ2n) is 11.8. The summed E-state index contributed by atoms with van der Waals surface area (Å²) in [5, 5.41) is 6.43. The van der Waals surface area contributed by atoms with E-state index in [4.69, 9.17) is 9.90 Å². The summed E-state index contributed by atoms with van der Waals surface area (Å²) in [6.45, 7) is 0. The molecule has 0 aliphatic carbocycles. The van der Waals surface area contributed by atoms with Gasteiger partial charge in [-0.3, -0.25) is 0 Å². The molecule has 218 valence electrons. The second-order valence-corrected chi connectivity index (χ2v) is 11.8. The minimum absolute atomic E-state index is 0.165. The maximum absolute atomic E-state index is 9.45. The zero-order chi connectivity index (χ0) is 37.9. The summed E-state index contributed by atoms with van der Waals surface area (Å²) in [4.78, 5) is 0. The monoisotopic (exact) mass is 604 g/mol. The number of hydrogen-bond acceptors (Lipinski definition) is 1. The topological polar surface area (TPSA) is 13.1 Å². The largest absolute Gasteiger partial charge is 0.456 e. The van der Waals surface area contributed by atoms with Gasteiger partial charge in [-0.05, 0) is 94.7 Å². The van der Waals surface area contributed by atoms with Gasteiger partial charge in [-0.2, -0.15) is 0 Å². The number of hydrogen-bond donors (Lipinski definition) is 0. The lowest BCUT2D eigenvalue weighted by Gasteiger charge is -2.19. The summed E-state index contributed by atoms with van der Waals surface area (Å²) >= 11 is 0. The Hall–Kier alpha value is -6.18. The van der Waals surface area contributed by atoms with Crippen LogP contribution in [0, 0.1) is 0 Å². The van der Waals surface area contributed by atoms with Gasteiger partial charge in [0.05, 0.1) is 11.0 Å². The molecule has 0 unspecified atom stereocenters. The van der Waals surface area contributed by atoms with Gasteiger partial charge in [0.2, 0.25) is 0 Å². The van der Waals surface area contributed by atoms with E-state index in [1.807, 2.05) is 78.9 Å². The van der Waals surface area contributed by atoms with Crippen LogP contribution in [0.25, 0.3) is 98.4 Å². The Balaban J connectivity index is 1.41. The average Bonchev–Trinajstić information content (AvgIpc) is 3.61. The zero-order valence-corrected chi connectivity index (χ0v) is 25.0. The van der Waals surface area contributed by atoms with Crippen molar-refractivity contribution in [1.82, 2.24) is 0 Å². The highest BCUT2D eigenvalue weighted by Gasteiger charge is 2.20. The van der Waals surface area contributed by atoms with Gasteiger partial charge in [0.25, 0.3) is 0 Å². The van der Waals surface area contributed by atoms with E-state index in [0.29, 0.717) is 38.8 Å². The molecule has 0 saturated heterocycles. The van der Waals surface area contributed by atoms with Gasteiger partial charge >= 0.3 is 0 Å². The molecule has 0 atom stereocenters. The van der Waals surface area contributed by atoms with Gasteiger partial charge in [-0.25, -0.2) is 0 Å². The molecule has 0 fully saturated rings. The predicted octanol–water partition coefficient (Wildman–Crippen LogP) is 13.2. The van der Waals surface area contributed by atoms with E-state index < -0.39 is 24.2 Å². The molecule has 1 aromatic heterocycles. The van der Waals surface area contributed by atoms with Gasteiger partial charge in [-0.15, -0.1) is 0 Å². The molecule has 9 aromatic carbocycles. The molecule has 0 spiro atoms. The SMILES string of the molecule is [2H]c1c([2H])c([2H])c2c(-c3cccc4oc5ccccc5c34)c3c([2H])c([2H])c([2H])c([2H])c3c(-c3cccc(-c4cccc5ccc6ccccc6c45)c3)c2c1[2H]. The van der Waals surface area contributed by atoms with Gasteiger partial charge in [0, 0.05) is 10.8 Å². The summed E-state index contributed by atoms with van der Waals surface area (Å²) < 4.78 is 79.5. The first kappa shape index (κ1) is 19.4. The molecule has 0 amide bonds. The van der Waals surface area contributed by atoms with E-state index >= 15 is 0 Å². The first-order chi connectivity index (χ1) is 26.7. The second kappa shape index (κ2) is 10.2. The smallest absolute Gasteiger partial charge is 0.136 e. The fourth-order valence-electron chi connectivity index (χ4n) is 7.31.